The Labute approximate surface area is 176 Å². The molecule has 0 spiro atoms. The van der Waals surface area contributed by atoms with E-state index in [0.29, 0.717) is 28.5 Å². The zero-order valence-corrected chi connectivity index (χ0v) is 18.0. The summed E-state index contributed by atoms with van der Waals surface area (Å²) in [5.41, 5.74) is 0.596. The maximum absolute atomic E-state index is 12.6. The highest BCUT2D eigenvalue weighted by Gasteiger charge is 2.44. The van der Waals surface area contributed by atoms with E-state index in [-0.39, 0.29) is 16.4 Å². The van der Waals surface area contributed by atoms with Crippen molar-refractivity contribution in [2.75, 3.05) is 15.8 Å². The van der Waals surface area contributed by atoms with Gasteiger partial charge in [0.05, 0.1) is 30.2 Å². The highest BCUT2D eigenvalue weighted by atomic mass is 32.2. The molecular formula is C17H21N3O6S3. The molecule has 2 aromatic heterocycles. The fourth-order valence-corrected chi connectivity index (χ4v) is 6.81. The Kier molecular flexibility index (Phi) is 6.79. The topological polar surface area (TPSA) is 141 Å². The minimum Gasteiger partial charge on any atom is -0.477 e. The summed E-state index contributed by atoms with van der Waals surface area (Å²) in [6, 6.07) is 2.48. The van der Waals surface area contributed by atoms with Crippen LogP contribution in [0.3, 0.4) is 0 Å². The first kappa shape index (κ1) is 22.0. The quantitative estimate of drug-likeness (QED) is 0.503. The summed E-state index contributed by atoms with van der Waals surface area (Å²) < 4.78 is 26.8. The monoisotopic (exact) mass is 459 g/mol. The number of rotatable bonds is 8. The summed E-state index contributed by atoms with van der Waals surface area (Å²) in [6.07, 6.45) is 1.86. The van der Waals surface area contributed by atoms with Crippen LogP contribution in [0.5, 0.6) is 0 Å². The van der Waals surface area contributed by atoms with E-state index in [1.54, 1.807) is 6.07 Å². The molecule has 0 aromatic carbocycles. The average molecular weight is 460 g/mol. The van der Waals surface area contributed by atoms with Crippen LogP contribution in [0.4, 0.5) is 5.82 Å². The number of aromatic carboxylic acids is 1. The van der Waals surface area contributed by atoms with Crippen LogP contribution in [0.15, 0.2) is 28.9 Å². The number of nitrogens with zero attached hydrogens (tertiary/aromatic N) is 3. The number of carboxylic acids is 1. The molecule has 1 aliphatic heterocycles. The van der Waals surface area contributed by atoms with Gasteiger partial charge in [0.2, 0.25) is 10.0 Å². The lowest BCUT2D eigenvalue weighted by Gasteiger charge is -2.25. The van der Waals surface area contributed by atoms with Gasteiger partial charge in [0.25, 0.3) is 0 Å². The van der Waals surface area contributed by atoms with Crippen molar-refractivity contribution in [2.24, 2.45) is 0 Å². The second-order valence-corrected chi connectivity index (χ2v) is 10.8. The molecule has 0 saturated carbocycles. The zero-order valence-electron chi connectivity index (χ0n) is 15.5. The molecule has 3 rings (SSSR count). The number of aliphatic hydroxyl groups is 2. The van der Waals surface area contributed by atoms with Gasteiger partial charge >= 0.3 is 5.97 Å². The molecule has 0 bridgehead atoms. The number of thiazole rings is 1. The van der Waals surface area contributed by atoms with Crippen LogP contribution >= 0.6 is 23.1 Å². The van der Waals surface area contributed by atoms with Gasteiger partial charge in [-0.3, -0.25) is 0 Å². The predicted octanol–water partition coefficient (Wildman–Crippen LogP) is 1.74. The predicted molar refractivity (Wildman–Crippen MR) is 110 cm³/mol. The van der Waals surface area contributed by atoms with Crippen molar-refractivity contribution in [3.8, 4) is 0 Å². The first-order valence-electron chi connectivity index (χ1n) is 8.89. The summed E-state index contributed by atoms with van der Waals surface area (Å²) in [5.74, 6) is -0.775. The maximum Gasteiger partial charge on any atom is 0.347 e. The summed E-state index contributed by atoms with van der Waals surface area (Å²) in [6.45, 7) is 1.83. The molecule has 0 amide bonds. The average Bonchev–Trinajstić information content (AvgIpc) is 3.23. The van der Waals surface area contributed by atoms with E-state index in [9.17, 15) is 23.4 Å². The van der Waals surface area contributed by atoms with Crippen LogP contribution in [-0.2, 0) is 10.0 Å². The van der Waals surface area contributed by atoms with Crippen LogP contribution in [0.1, 0.15) is 41.1 Å². The molecule has 3 heterocycles. The first-order chi connectivity index (χ1) is 13.7. The normalized spacial score (nSPS) is 22.0. The Bertz CT molecular complexity index is 963. The van der Waals surface area contributed by atoms with Crippen molar-refractivity contribution >= 4 is 44.9 Å². The van der Waals surface area contributed by atoms with E-state index in [0.717, 1.165) is 15.6 Å². The third-order valence-electron chi connectivity index (χ3n) is 4.53. The molecule has 3 unspecified atom stereocenters. The van der Waals surface area contributed by atoms with Crippen molar-refractivity contribution < 1.29 is 28.5 Å². The molecule has 29 heavy (non-hydrogen) atoms. The second-order valence-electron chi connectivity index (χ2n) is 6.52. The molecule has 3 N–H and O–H groups in total. The van der Waals surface area contributed by atoms with Crippen molar-refractivity contribution in [1.29, 1.82) is 0 Å². The smallest absolute Gasteiger partial charge is 0.347 e. The third kappa shape index (κ3) is 4.89. The molecule has 2 aromatic rings. The highest BCUT2D eigenvalue weighted by Crippen LogP contribution is 2.33. The van der Waals surface area contributed by atoms with E-state index in [4.69, 9.17) is 5.11 Å². The molecule has 12 heteroatoms. The van der Waals surface area contributed by atoms with Gasteiger partial charge < -0.3 is 15.3 Å². The number of thioether (sulfide) groups is 1. The van der Waals surface area contributed by atoms with Gasteiger partial charge in [-0.2, -0.15) is 0 Å². The number of aliphatic hydroxyl groups excluding tert-OH is 2. The number of anilines is 1. The number of carboxylic acid groups (broad SMARTS) is 1. The van der Waals surface area contributed by atoms with Gasteiger partial charge in [-0.05, 0) is 24.5 Å². The number of sulfonamides is 1. The number of hydrogen-bond acceptors (Lipinski definition) is 9. The standard InChI is InChI=1S/C17H21N3O6S3/c1-2-12(21)10-3-4-15(18-7-10)20-11(13(22)9-29(20,25)26)5-6-27-17-19-8-14(28-17)16(23)24/h3-4,7-8,11-13,21-22H,2,5-6,9H2,1H3,(H,23,24). The lowest BCUT2D eigenvalue weighted by atomic mass is 10.1. The van der Waals surface area contributed by atoms with E-state index in [1.807, 2.05) is 6.92 Å². The Balaban J connectivity index is 1.72. The Morgan fingerprint density at radius 2 is 2.14 bits per heavy atom. The molecule has 0 radical (unpaired) electrons. The van der Waals surface area contributed by atoms with E-state index >= 15 is 0 Å². The highest BCUT2D eigenvalue weighted by molar-refractivity contribution is 8.01. The second kappa shape index (κ2) is 8.96. The molecule has 1 fully saturated rings. The third-order valence-corrected chi connectivity index (χ3v) is 8.52. The number of pyridine rings is 1. The van der Waals surface area contributed by atoms with E-state index in [1.165, 1.54) is 30.2 Å². The molecule has 3 atom stereocenters. The van der Waals surface area contributed by atoms with Gasteiger partial charge in [-0.1, -0.05) is 24.8 Å². The molecule has 1 aliphatic rings. The molecule has 9 nitrogen and oxygen atoms in total. The Hall–Kier alpha value is -1.73. The van der Waals surface area contributed by atoms with Crippen LogP contribution in [0.2, 0.25) is 0 Å². The maximum atomic E-state index is 12.6. The van der Waals surface area contributed by atoms with Crippen molar-refractivity contribution in [3.63, 3.8) is 0 Å². The fourth-order valence-electron chi connectivity index (χ4n) is 3.04. The van der Waals surface area contributed by atoms with Crippen molar-refractivity contribution in [3.05, 3.63) is 35.0 Å². The van der Waals surface area contributed by atoms with Crippen LogP contribution in [0, 0.1) is 0 Å². The van der Waals surface area contributed by atoms with E-state index in [2.05, 4.69) is 9.97 Å². The summed E-state index contributed by atoms with van der Waals surface area (Å²) in [5, 5.41) is 29.2. The largest absolute Gasteiger partial charge is 0.477 e. The van der Waals surface area contributed by atoms with Crippen LogP contribution in [-0.4, -0.2) is 63.3 Å². The Morgan fingerprint density at radius 3 is 2.72 bits per heavy atom. The zero-order chi connectivity index (χ0) is 21.2. The number of aromatic nitrogens is 2. The minimum atomic E-state index is -3.72. The molecular weight excluding hydrogens is 438 g/mol. The van der Waals surface area contributed by atoms with Gasteiger partial charge in [0.15, 0.2) is 4.34 Å². The lowest BCUT2D eigenvalue weighted by molar-refractivity contribution is 0.0702. The Morgan fingerprint density at radius 1 is 1.38 bits per heavy atom. The molecule has 0 aliphatic carbocycles. The lowest BCUT2D eigenvalue weighted by Crippen LogP contribution is -2.38. The van der Waals surface area contributed by atoms with Gasteiger partial charge in [0, 0.05) is 11.9 Å². The SMILES string of the molecule is CCC(O)c1ccc(N2C(CCSc3ncc(C(=O)O)s3)C(O)CS2(=O)=O)nc1. The molecule has 1 saturated heterocycles. The minimum absolute atomic E-state index is 0.135. The van der Waals surface area contributed by atoms with E-state index < -0.39 is 34.2 Å². The summed E-state index contributed by atoms with van der Waals surface area (Å²) in [4.78, 5) is 19.3. The molecule has 158 valence electrons. The fraction of sp³-hybridized carbons (Fsp3) is 0.471. The summed E-state index contributed by atoms with van der Waals surface area (Å²) in [7, 11) is -3.72. The number of carbonyl (C=O) groups is 1. The summed E-state index contributed by atoms with van der Waals surface area (Å²) >= 11 is 2.36. The van der Waals surface area contributed by atoms with Gasteiger partial charge in [0.1, 0.15) is 10.7 Å². The van der Waals surface area contributed by atoms with Crippen LogP contribution in [0.25, 0.3) is 0 Å². The number of hydrogen-bond donors (Lipinski definition) is 3. The van der Waals surface area contributed by atoms with Crippen LogP contribution < -0.4 is 4.31 Å². The van der Waals surface area contributed by atoms with Crippen molar-refractivity contribution in [1.82, 2.24) is 9.97 Å². The van der Waals surface area contributed by atoms with Gasteiger partial charge in [-0.15, -0.1) is 11.3 Å². The first-order valence-corrected chi connectivity index (χ1v) is 12.3. The van der Waals surface area contributed by atoms with Crippen molar-refractivity contribution in [2.45, 2.75) is 42.4 Å². The van der Waals surface area contributed by atoms with Gasteiger partial charge in [-0.25, -0.2) is 27.5 Å².